The van der Waals surface area contributed by atoms with Gasteiger partial charge in [0.05, 0.1) is 0 Å². The summed E-state index contributed by atoms with van der Waals surface area (Å²) in [5.41, 5.74) is 0. The molecular formula is C13H34. The van der Waals surface area contributed by atoms with E-state index in [1.165, 1.54) is 6.42 Å². The number of hydrogen-bond donors (Lipinski definition) is 0. The van der Waals surface area contributed by atoms with Gasteiger partial charge in [-0.3, -0.25) is 0 Å². The first-order chi connectivity index (χ1) is 6.27. The van der Waals surface area contributed by atoms with Crippen molar-refractivity contribution in [1.29, 1.82) is 0 Å². The maximum absolute atomic E-state index is 3.00. The molecule has 13 heavy (non-hydrogen) atoms. The van der Waals surface area contributed by atoms with Crippen molar-refractivity contribution in [1.82, 2.24) is 0 Å². The third-order valence-electron chi connectivity index (χ3n) is 0.816. The zero-order valence-electron chi connectivity index (χ0n) is 11.7. The Kier molecular flexibility index (Phi) is 218. The van der Waals surface area contributed by atoms with E-state index in [2.05, 4.69) is 33.9 Å². The average molecular weight is 190 g/mol. The lowest BCUT2D eigenvalue weighted by molar-refractivity contribution is 0.626. The predicted octanol–water partition coefficient (Wildman–Crippen LogP) is 5.93. The molecule has 0 saturated carbocycles. The molecule has 0 aromatic heterocycles. The summed E-state index contributed by atoms with van der Waals surface area (Å²) < 4.78 is 0. The monoisotopic (exact) mass is 190 g/mol. The summed E-state index contributed by atoms with van der Waals surface area (Å²) in [7, 11) is 0. The number of rotatable bonds is 1. The normalized spacial score (nSPS) is 5.38. The van der Waals surface area contributed by atoms with Crippen molar-refractivity contribution in [2.75, 3.05) is 0 Å². The molecular weight excluding hydrogens is 156 g/mol. The van der Waals surface area contributed by atoms with Crippen LogP contribution in [0.1, 0.15) is 68.7 Å². The van der Waals surface area contributed by atoms with Gasteiger partial charge in [-0.15, -0.1) is 13.2 Å². The van der Waals surface area contributed by atoms with Crippen LogP contribution in [0.2, 0.25) is 0 Å². The Morgan fingerprint density at radius 3 is 0.846 bits per heavy atom. The van der Waals surface area contributed by atoms with E-state index in [9.17, 15) is 0 Å². The summed E-state index contributed by atoms with van der Waals surface area (Å²) in [6.07, 6.45) is 1.31. The van der Waals surface area contributed by atoms with Crippen molar-refractivity contribution in [3.05, 3.63) is 13.2 Å². The lowest BCUT2D eigenvalue weighted by atomic mass is 10.2. The minimum atomic E-state index is 0.884. The first kappa shape index (κ1) is 29.3. The molecule has 0 saturated heterocycles. The molecule has 0 aliphatic heterocycles. The van der Waals surface area contributed by atoms with Gasteiger partial charge in [-0.25, -0.2) is 0 Å². The second-order valence-electron chi connectivity index (χ2n) is 1.80. The molecule has 0 aliphatic carbocycles. The van der Waals surface area contributed by atoms with Crippen LogP contribution in [0.25, 0.3) is 0 Å². The second-order valence-corrected chi connectivity index (χ2v) is 1.80. The van der Waals surface area contributed by atoms with E-state index in [0.29, 0.717) is 0 Å². The zero-order valence-corrected chi connectivity index (χ0v) is 11.7. The van der Waals surface area contributed by atoms with E-state index in [-0.39, 0.29) is 0 Å². The van der Waals surface area contributed by atoms with E-state index >= 15 is 0 Å². The van der Waals surface area contributed by atoms with Gasteiger partial charge in [-0.2, -0.15) is 0 Å². The Labute approximate surface area is 88.5 Å². The predicted molar refractivity (Wildman–Crippen MR) is 70.4 cm³/mol. The van der Waals surface area contributed by atoms with Gasteiger partial charge in [-0.1, -0.05) is 68.7 Å². The molecule has 0 N–H and O–H groups in total. The first-order valence-corrected chi connectivity index (χ1v) is 5.77. The minimum absolute atomic E-state index is 0.884. The van der Waals surface area contributed by atoms with Crippen LogP contribution in [0.15, 0.2) is 13.2 Å². The molecule has 0 heteroatoms. The lowest BCUT2D eigenvalue weighted by Crippen LogP contribution is -1.77. The molecule has 0 rings (SSSR count). The molecule has 0 heterocycles. The summed E-state index contributed by atoms with van der Waals surface area (Å²) in [6.45, 7) is 24.6. The molecule has 0 spiro atoms. The fourth-order valence-corrected chi connectivity index (χ4v) is 0. The summed E-state index contributed by atoms with van der Waals surface area (Å²) >= 11 is 0. The minimum Gasteiger partial charge on any atom is -0.106 e. The van der Waals surface area contributed by atoms with Crippen molar-refractivity contribution in [3.8, 4) is 0 Å². The molecule has 0 unspecified atom stereocenters. The van der Waals surface area contributed by atoms with Gasteiger partial charge in [0.1, 0.15) is 0 Å². The highest BCUT2D eigenvalue weighted by Gasteiger charge is 1.80. The highest BCUT2D eigenvalue weighted by atomic mass is 13.9. The molecule has 0 radical (unpaired) electrons. The van der Waals surface area contributed by atoms with Crippen LogP contribution < -0.4 is 0 Å². The zero-order chi connectivity index (χ0) is 12.3. The summed E-state index contributed by atoms with van der Waals surface area (Å²) in [5, 5.41) is 0. The topological polar surface area (TPSA) is 0 Å². The van der Waals surface area contributed by atoms with Crippen LogP contribution in [-0.2, 0) is 0 Å². The first-order valence-electron chi connectivity index (χ1n) is 5.77. The van der Waals surface area contributed by atoms with E-state index in [0.717, 1.165) is 5.92 Å². The van der Waals surface area contributed by atoms with Crippen LogP contribution >= 0.6 is 0 Å². The molecule has 0 aromatic rings. The smallest absolute Gasteiger partial charge is 0.0474 e. The Bertz CT molecular complexity index is 21.2. The van der Waals surface area contributed by atoms with E-state index in [1.54, 1.807) is 0 Å². The van der Waals surface area contributed by atoms with Crippen LogP contribution in [0.5, 0.6) is 0 Å². The average Bonchev–Trinajstić information content (AvgIpc) is 2.29. The standard InChI is InChI=1S/C5H12.3C2H6.C2H4/c1-4-5(2)3;4*1-2/h5H,4H2,1-3H3;3*1-2H3;1-2H2. The lowest BCUT2D eigenvalue weighted by Gasteiger charge is -1.90. The molecule has 0 nitrogen and oxygen atoms in total. The molecule has 0 fully saturated rings. The van der Waals surface area contributed by atoms with Crippen LogP contribution in [0.3, 0.4) is 0 Å². The van der Waals surface area contributed by atoms with Crippen LogP contribution in [0, 0.1) is 5.92 Å². The van der Waals surface area contributed by atoms with Gasteiger partial charge < -0.3 is 0 Å². The number of hydrogen-bond acceptors (Lipinski definition) is 0. The van der Waals surface area contributed by atoms with E-state index in [4.69, 9.17) is 0 Å². The summed E-state index contributed by atoms with van der Waals surface area (Å²) in [4.78, 5) is 0. The van der Waals surface area contributed by atoms with Crippen molar-refractivity contribution < 1.29 is 0 Å². The highest BCUT2D eigenvalue weighted by molar-refractivity contribution is 4.32. The maximum atomic E-state index is 3.00. The molecule has 0 bridgehead atoms. The van der Waals surface area contributed by atoms with Crippen molar-refractivity contribution in [3.63, 3.8) is 0 Å². The Morgan fingerprint density at radius 2 is 0.846 bits per heavy atom. The third kappa shape index (κ3) is 368. The SMILES string of the molecule is C=C.CC.CC.CC.CCC(C)C. The van der Waals surface area contributed by atoms with Gasteiger partial charge in [-0.05, 0) is 5.92 Å². The van der Waals surface area contributed by atoms with Crippen molar-refractivity contribution in [2.24, 2.45) is 5.92 Å². The largest absolute Gasteiger partial charge is 0.106 e. The highest BCUT2D eigenvalue weighted by Crippen LogP contribution is 1.93. The van der Waals surface area contributed by atoms with Gasteiger partial charge in [0.25, 0.3) is 0 Å². The maximum Gasteiger partial charge on any atom is -0.0474 e. The molecule has 0 aliphatic rings. The summed E-state index contributed by atoms with van der Waals surface area (Å²) in [6, 6.07) is 0. The van der Waals surface area contributed by atoms with E-state index < -0.39 is 0 Å². The van der Waals surface area contributed by atoms with Crippen molar-refractivity contribution >= 4 is 0 Å². The van der Waals surface area contributed by atoms with Crippen LogP contribution in [0.4, 0.5) is 0 Å². The van der Waals surface area contributed by atoms with Gasteiger partial charge >= 0.3 is 0 Å². The summed E-state index contributed by atoms with van der Waals surface area (Å²) in [5.74, 6) is 0.884. The Hall–Kier alpha value is -0.260. The molecule has 0 atom stereocenters. The third-order valence-corrected chi connectivity index (χ3v) is 0.816. The molecule has 0 aromatic carbocycles. The second kappa shape index (κ2) is 96.8. The van der Waals surface area contributed by atoms with Gasteiger partial charge in [0.15, 0.2) is 0 Å². The van der Waals surface area contributed by atoms with E-state index in [1.807, 2.05) is 41.5 Å². The van der Waals surface area contributed by atoms with Gasteiger partial charge in [0, 0.05) is 0 Å². The molecule has 0 amide bonds. The Balaban J connectivity index is -0.0000000230. The Morgan fingerprint density at radius 1 is 0.769 bits per heavy atom. The molecule has 86 valence electrons. The fourth-order valence-electron chi connectivity index (χ4n) is 0. The fraction of sp³-hybridized carbons (Fsp3) is 0.846. The van der Waals surface area contributed by atoms with Crippen molar-refractivity contribution in [2.45, 2.75) is 68.7 Å². The quantitative estimate of drug-likeness (QED) is 0.449. The van der Waals surface area contributed by atoms with Gasteiger partial charge in [0.2, 0.25) is 0 Å². The van der Waals surface area contributed by atoms with Crippen LogP contribution in [-0.4, -0.2) is 0 Å².